The van der Waals surface area contributed by atoms with E-state index >= 15 is 0 Å². The first-order chi connectivity index (χ1) is 17.9. The molecule has 0 atom stereocenters. The van der Waals surface area contributed by atoms with Gasteiger partial charge in [0.05, 0.1) is 16.8 Å². The van der Waals surface area contributed by atoms with Gasteiger partial charge in [-0.25, -0.2) is 0 Å². The molecule has 196 valence electrons. The van der Waals surface area contributed by atoms with Gasteiger partial charge >= 0.3 is 0 Å². The van der Waals surface area contributed by atoms with Gasteiger partial charge in [-0.1, -0.05) is 19.9 Å². The van der Waals surface area contributed by atoms with Crippen LogP contribution in [0.15, 0.2) is 24.3 Å². The van der Waals surface area contributed by atoms with Crippen LogP contribution in [0.25, 0.3) is 16.5 Å². The largest absolute Gasteiger partial charge is 0.494 e. The van der Waals surface area contributed by atoms with Crippen molar-refractivity contribution in [2.45, 2.75) is 46.5 Å². The molecule has 2 amide bonds. The molecule has 1 aromatic carbocycles. The molecule has 3 aromatic rings. The first kappa shape index (κ1) is 25.1. The number of fused-ring (bicyclic) bond motifs is 2. The van der Waals surface area contributed by atoms with E-state index in [4.69, 9.17) is 0 Å². The Morgan fingerprint density at radius 3 is 2.62 bits per heavy atom. The van der Waals surface area contributed by atoms with E-state index in [1.807, 2.05) is 30.0 Å². The fraction of sp³-hybridized carbons (Fsp3) is 0.448. The lowest BCUT2D eigenvalue weighted by Crippen LogP contribution is -2.35. The number of H-pyrrole nitrogens is 2. The number of aryl methyl sites for hydroxylation is 1. The molecule has 2 aromatic heterocycles. The topological polar surface area (TPSA) is 104 Å². The Balaban J connectivity index is 1.47. The molecule has 0 radical (unpaired) electrons. The van der Waals surface area contributed by atoms with E-state index in [9.17, 15) is 14.7 Å². The van der Waals surface area contributed by atoms with Gasteiger partial charge in [-0.2, -0.15) is 0 Å². The molecule has 1 aliphatic heterocycles. The molecule has 3 heterocycles. The third-order valence-electron chi connectivity index (χ3n) is 7.83. The van der Waals surface area contributed by atoms with Crippen molar-refractivity contribution in [3.05, 3.63) is 57.9 Å². The second-order valence-corrected chi connectivity index (χ2v) is 10.0. The van der Waals surface area contributed by atoms with Gasteiger partial charge in [0.15, 0.2) is 5.88 Å². The number of nitrogens with zero attached hydrogens (tertiary/aromatic N) is 2. The molecule has 1 saturated heterocycles. The molecule has 8 heteroatoms. The number of carbonyl (C=O) groups excluding carboxylic acids is 2. The number of aromatic amines is 2. The Kier molecular flexibility index (Phi) is 7.11. The van der Waals surface area contributed by atoms with Crippen LogP contribution in [0.3, 0.4) is 0 Å². The van der Waals surface area contributed by atoms with Crippen LogP contribution < -0.4 is 5.32 Å². The minimum atomic E-state index is -0.0648. The number of rotatable bonds is 8. The Morgan fingerprint density at radius 1 is 1.14 bits per heavy atom. The van der Waals surface area contributed by atoms with Crippen molar-refractivity contribution in [2.24, 2.45) is 0 Å². The molecule has 8 nitrogen and oxygen atoms in total. The number of hydrogen-bond donors (Lipinski definition) is 4. The molecular weight excluding hydrogens is 466 g/mol. The number of benzene rings is 1. The molecule has 5 rings (SSSR count). The average molecular weight is 504 g/mol. The maximum Gasteiger partial charge on any atom is 0.253 e. The highest BCUT2D eigenvalue weighted by atomic mass is 16.3. The lowest BCUT2D eigenvalue weighted by atomic mass is 9.89. The van der Waals surface area contributed by atoms with Gasteiger partial charge in [0.2, 0.25) is 0 Å². The highest BCUT2D eigenvalue weighted by Crippen LogP contribution is 2.41. The van der Waals surface area contributed by atoms with E-state index < -0.39 is 0 Å². The third kappa shape index (κ3) is 4.66. The number of aromatic nitrogens is 2. The molecule has 0 bridgehead atoms. The SMILES string of the molecule is CCN(CC)CCNC(=O)c1c(C)[nH]c2c1CCC=C2c1c(O)[nH]c2ccc(C(=O)N3CCCC3)cc12. The van der Waals surface area contributed by atoms with Crippen LogP contribution in [-0.2, 0) is 6.42 Å². The van der Waals surface area contributed by atoms with Crippen molar-refractivity contribution in [1.29, 1.82) is 0 Å². The molecule has 2 aliphatic rings. The highest BCUT2D eigenvalue weighted by molar-refractivity contribution is 6.06. The number of aromatic hydroxyl groups is 1. The van der Waals surface area contributed by atoms with Crippen LogP contribution in [0.4, 0.5) is 0 Å². The number of amides is 2. The molecule has 1 fully saturated rings. The first-order valence-electron chi connectivity index (χ1n) is 13.5. The number of likely N-dealkylation sites (tertiary alicyclic amines) is 1. The minimum Gasteiger partial charge on any atom is -0.494 e. The smallest absolute Gasteiger partial charge is 0.253 e. The number of hydrogen-bond acceptors (Lipinski definition) is 4. The average Bonchev–Trinajstić information content (AvgIpc) is 3.62. The summed E-state index contributed by atoms with van der Waals surface area (Å²) in [7, 11) is 0. The Hall–Kier alpha value is -3.52. The van der Waals surface area contributed by atoms with Crippen LogP contribution in [0.1, 0.15) is 76.3 Å². The second kappa shape index (κ2) is 10.5. The Bertz CT molecular complexity index is 1360. The molecule has 0 unspecified atom stereocenters. The highest BCUT2D eigenvalue weighted by Gasteiger charge is 2.29. The summed E-state index contributed by atoms with van der Waals surface area (Å²) in [6.07, 6.45) is 5.70. The molecule has 37 heavy (non-hydrogen) atoms. The van der Waals surface area contributed by atoms with Gasteiger partial charge in [-0.3, -0.25) is 9.59 Å². The Labute approximate surface area is 217 Å². The molecule has 0 spiro atoms. The predicted octanol–water partition coefficient (Wildman–Crippen LogP) is 4.20. The van der Waals surface area contributed by atoms with Crippen LogP contribution in [0.2, 0.25) is 0 Å². The van der Waals surface area contributed by atoms with E-state index in [0.29, 0.717) is 23.2 Å². The zero-order valence-corrected chi connectivity index (χ0v) is 22.0. The van der Waals surface area contributed by atoms with Crippen molar-refractivity contribution >= 4 is 28.3 Å². The first-order valence-corrected chi connectivity index (χ1v) is 13.5. The molecule has 1 aliphatic carbocycles. The summed E-state index contributed by atoms with van der Waals surface area (Å²) in [5.74, 6) is 0.0335. The van der Waals surface area contributed by atoms with Gasteiger partial charge < -0.3 is 30.2 Å². The zero-order chi connectivity index (χ0) is 26.1. The van der Waals surface area contributed by atoms with Crippen LogP contribution in [0.5, 0.6) is 5.88 Å². The van der Waals surface area contributed by atoms with E-state index in [1.165, 1.54) is 0 Å². The summed E-state index contributed by atoms with van der Waals surface area (Å²) < 4.78 is 0. The van der Waals surface area contributed by atoms with Gasteiger partial charge in [0, 0.05) is 53.9 Å². The third-order valence-corrected chi connectivity index (χ3v) is 7.83. The summed E-state index contributed by atoms with van der Waals surface area (Å²) in [5, 5.41) is 14.9. The lowest BCUT2D eigenvalue weighted by molar-refractivity contribution is 0.0792. The maximum absolute atomic E-state index is 13.2. The molecule has 0 saturated carbocycles. The quantitative estimate of drug-likeness (QED) is 0.370. The summed E-state index contributed by atoms with van der Waals surface area (Å²) in [5.41, 5.74) is 6.30. The predicted molar refractivity (Wildman–Crippen MR) is 146 cm³/mol. The molecular formula is C29H37N5O3. The normalized spacial score (nSPS) is 15.4. The number of nitrogens with one attached hydrogen (secondary N) is 3. The van der Waals surface area contributed by atoms with Gasteiger partial charge in [0.1, 0.15) is 0 Å². The van der Waals surface area contributed by atoms with E-state index in [0.717, 1.165) is 91.8 Å². The van der Waals surface area contributed by atoms with Crippen molar-refractivity contribution in [3.8, 4) is 5.88 Å². The van der Waals surface area contributed by atoms with Crippen LogP contribution >= 0.6 is 0 Å². The minimum absolute atomic E-state index is 0.0312. The fourth-order valence-corrected chi connectivity index (χ4v) is 5.80. The monoisotopic (exact) mass is 503 g/mol. The summed E-state index contributed by atoms with van der Waals surface area (Å²) >= 11 is 0. The number of carbonyl (C=O) groups is 2. The number of allylic oxidation sites excluding steroid dienone is 1. The summed E-state index contributed by atoms with van der Waals surface area (Å²) in [4.78, 5) is 37.0. The Morgan fingerprint density at radius 2 is 1.89 bits per heavy atom. The van der Waals surface area contributed by atoms with Gasteiger partial charge in [-0.05, 0) is 69.5 Å². The van der Waals surface area contributed by atoms with E-state index in [2.05, 4.69) is 40.1 Å². The second-order valence-electron chi connectivity index (χ2n) is 10.0. The summed E-state index contributed by atoms with van der Waals surface area (Å²) in [6, 6.07) is 5.57. The standard InChI is InChI=1S/C29H37N5O3/c1-4-33(5-2)16-13-30-27(35)24-18(3)31-26-20(24)9-8-10-21(26)25-22-17-19(11-12-23(22)32-28(25)36)29(37)34-14-6-7-15-34/h10-12,17,31-32,36H,4-9,13-16H2,1-3H3,(H,30,35). The van der Waals surface area contributed by atoms with E-state index in [-0.39, 0.29) is 17.7 Å². The van der Waals surface area contributed by atoms with Crippen molar-refractivity contribution in [1.82, 2.24) is 25.1 Å². The molecule has 4 N–H and O–H groups in total. The van der Waals surface area contributed by atoms with Crippen LogP contribution in [-0.4, -0.2) is 76.0 Å². The van der Waals surface area contributed by atoms with Crippen LogP contribution in [0, 0.1) is 6.92 Å². The van der Waals surface area contributed by atoms with E-state index in [1.54, 1.807) is 0 Å². The van der Waals surface area contributed by atoms with Crippen molar-refractivity contribution < 1.29 is 14.7 Å². The van der Waals surface area contributed by atoms with Crippen molar-refractivity contribution in [2.75, 3.05) is 39.3 Å². The number of likely N-dealkylation sites (N-methyl/N-ethyl adjacent to an activating group) is 1. The lowest BCUT2D eigenvalue weighted by Gasteiger charge is -2.18. The maximum atomic E-state index is 13.2. The van der Waals surface area contributed by atoms with Gasteiger partial charge in [-0.15, -0.1) is 0 Å². The van der Waals surface area contributed by atoms with Gasteiger partial charge in [0.25, 0.3) is 11.8 Å². The van der Waals surface area contributed by atoms with Crippen molar-refractivity contribution in [3.63, 3.8) is 0 Å². The zero-order valence-electron chi connectivity index (χ0n) is 22.0. The summed E-state index contributed by atoms with van der Waals surface area (Å²) in [6.45, 7) is 11.1. The fourth-order valence-electron chi connectivity index (χ4n) is 5.80.